The first kappa shape index (κ1) is 24.7. The summed E-state index contributed by atoms with van der Waals surface area (Å²) in [7, 11) is -3.60. The van der Waals surface area contributed by atoms with Gasteiger partial charge < -0.3 is 14.5 Å². The molecule has 8 nitrogen and oxygen atoms in total. The summed E-state index contributed by atoms with van der Waals surface area (Å²) in [5, 5.41) is 10.6. The summed E-state index contributed by atoms with van der Waals surface area (Å²) >= 11 is 0. The zero-order chi connectivity index (χ0) is 22.0. The maximum absolute atomic E-state index is 12.4. The Hall–Kier alpha value is -1.57. The van der Waals surface area contributed by atoms with Crippen molar-refractivity contribution in [3.05, 3.63) is 35.9 Å². The van der Waals surface area contributed by atoms with E-state index >= 15 is 0 Å². The maximum atomic E-state index is 12.4. The Labute approximate surface area is 177 Å². The third kappa shape index (κ3) is 7.00. The Morgan fingerprint density at radius 2 is 1.87 bits per heavy atom. The molecule has 0 aromatic heterocycles. The second-order valence-electron chi connectivity index (χ2n) is 7.83. The van der Waals surface area contributed by atoms with Gasteiger partial charge in [0.2, 0.25) is 0 Å². The van der Waals surface area contributed by atoms with E-state index in [-0.39, 0.29) is 31.4 Å². The molecule has 1 aliphatic rings. The molecule has 0 aliphatic carbocycles. The molecule has 1 unspecified atom stereocenters. The molecule has 168 valence electrons. The van der Waals surface area contributed by atoms with Gasteiger partial charge in [-0.3, -0.25) is 15.2 Å². The van der Waals surface area contributed by atoms with E-state index in [0.717, 1.165) is 17.9 Å². The monoisotopic (exact) mass is 440 g/mol. The molecule has 1 aliphatic heterocycles. The number of hydrogen-bond acceptors (Lipinski definition) is 6. The molecule has 0 amide bonds. The van der Waals surface area contributed by atoms with Crippen molar-refractivity contribution in [2.45, 2.75) is 63.3 Å². The highest BCUT2D eigenvalue weighted by Crippen LogP contribution is 2.43. The minimum atomic E-state index is -3.60. The van der Waals surface area contributed by atoms with Crippen molar-refractivity contribution in [2.75, 3.05) is 19.3 Å². The fraction of sp³-hybridized carbons (Fsp3) is 0.619. The largest absolute Gasteiger partial charge is 0.479 e. The number of aliphatic carboxylic acids is 1. The number of unbranched alkanes of at least 4 members (excludes halogenated alkanes) is 3. The van der Waals surface area contributed by atoms with Gasteiger partial charge in [0.25, 0.3) is 0 Å². The standard InChI is InChI=1S/C21H33N2O6P/c22-23-15-9-14-21(23,20(25)26)19(24)13-5-2-7-16-29-30(27,28)17-8-6-12-18-10-3-1-4-11-18/h1,3-4,10-11H,2,5-9,12-17,22H2,(H,25,26)(H,27,28)/t21-/m1/s1. The van der Waals surface area contributed by atoms with Crippen LogP contribution in [0.4, 0.5) is 0 Å². The van der Waals surface area contributed by atoms with E-state index in [0.29, 0.717) is 38.6 Å². The van der Waals surface area contributed by atoms with Gasteiger partial charge in [0.15, 0.2) is 11.3 Å². The van der Waals surface area contributed by atoms with Crippen LogP contribution in [-0.4, -0.2) is 51.6 Å². The first-order valence-electron chi connectivity index (χ1n) is 10.6. The predicted octanol–water partition coefficient (Wildman–Crippen LogP) is 3.13. The Bertz CT molecular complexity index is 744. The van der Waals surface area contributed by atoms with Crippen molar-refractivity contribution in [2.24, 2.45) is 5.84 Å². The van der Waals surface area contributed by atoms with E-state index in [1.165, 1.54) is 5.56 Å². The minimum Gasteiger partial charge on any atom is -0.479 e. The number of carbonyl (C=O) groups excluding carboxylic acids is 1. The number of hydrazine groups is 1. The highest BCUT2D eigenvalue weighted by atomic mass is 31.2. The molecule has 1 aromatic rings. The number of aryl methyl sites for hydroxylation is 1. The zero-order valence-corrected chi connectivity index (χ0v) is 18.3. The first-order valence-corrected chi connectivity index (χ1v) is 12.3. The second-order valence-corrected chi connectivity index (χ2v) is 9.81. The third-order valence-electron chi connectivity index (χ3n) is 5.58. The Morgan fingerprint density at radius 3 is 2.50 bits per heavy atom. The van der Waals surface area contributed by atoms with Crippen LogP contribution >= 0.6 is 7.60 Å². The average Bonchev–Trinajstić information content (AvgIpc) is 3.11. The number of carboxylic acids is 1. The van der Waals surface area contributed by atoms with Gasteiger partial charge in [0.1, 0.15) is 0 Å². The number of ketones is 1. The SMILES string of the molecule is NN1CCC[C@]1(C(=O)O)C(=O)CCCCCOP(=O)(O)CCCCc1ccccc1. The van der Waals surface area contributed by atoms with Crippen LogP contribution in [0.5, 0.6) is 0 Å². The number of nitrogens with zero attached hydrogens (tertiary/aromatic N) is 1. The molecule has 2 rings (SSSR count). The molecule has 4 N–H and O–H groups in total. The lowest BCUT2D eigenvalue weighted by Gasteiger charge is -2.29. The van der Waals surface area contributed by atoms with Gasteiger partial charge in [0, 0.05) is 19.1 Å². The van der Waals surface area contributed by atoms with E-state index in [4.69, 9.17) is 10.4 Å². The Kier molecular flexibility index (Phi) is 9.65. The molecular weight excluding hydrogens is 407 g/mol. The van der Waals surface area contributed by atoms with Crippen molar-refractivity contribution in [1.29, 1.82) is 0 Å². The van der Waals surface area contributed by atoms with Crippen LogP contribution in [0.15, 0.2) is 30.3 Å². The van der Waals surface area contributed by atoms with Gasteiger partial charge in [-0.2, -0.15) is 0 Å². The van der Waals surface area contributed by atoms with Gasteiger partial charge in [0.05, 0.1) is 6.61 Å². The van der Waals surface area contributed by atoms with Crippen molar-refractivity contribution >= 4 is 19.3 Å². The molecule has 0 spiro atoms. The zero-order valence-electron chi connectivity index (χ0n) is 17.4. The van der Waals surface area contributed by atoms with Gasteiger partial charge in [-0.05, 0) is 50.5 Å². The third-order valence-corrected chi connectivity index (χ3v) is 7.05. The van der Waals surface area contributed by atoms with Crippen molar-refractivity contribution in [3.63, 3.8) is 0 Å². The number of nitrogens with two attached hydrogens (primary N) is 1. The van der Waals surface area contributed by atoms with Gasteiger partial charge in [-0.15, -0.1) is 0 Å². The number of rotatable bonds is 14. The molecule has 0 bridgehead atoms. The maximum Gasteiger partial charge on any atom is 0.333 e. The van der Waals surface area contributed by atoms with E-state index < -0.39 is 19.1 Å². The highest BCUT2D eigenvalue weighted by Gasteiger charge is 2.52. The average molecular weight is 440 g/mol. The van der Waals surface area contributed by atoms with Crippen LogP contribution in [0.1, 0.15) is 56.9 Å². The molecule has 2 atom stereocenters. The van der Waals surface area contributed by atoms with Crippen molar-refractivity contribution in [3.8, 4) is 0 Å². The lowest BCUT2D eigenvalue weighted by atomic mass is 9.88. The Balaban J connectivity index is 1.58. The second kappa shape index (κ2) is 11.7. The molecule has 9 heteroatoms. The number of carboxylic acid groups (broad SMARTS) is 1. The lowest BCUT2D eigenvalue weighted by Crippen LogP contribution is -2.59. The summed E-state index contributed by atoms with van der Waals surface area (Å²) in [6.07, 6.45) is 5.02. The van der Waals surface area contributed by atoms with Crippen LogP contribution < -0.4 is 5.84 Å². The summed E-state index contributed by atoms with van der Waals surface area (Å²) in [5.41, 5.74) is -0.391. The quantitative estimate of drug-likeness (QED) is 0.174. The number of carbonyl (C=O) groups is 2. The van der Waals surface area contributed by atoms with Crippen molar-refractivity contribution in [1.82, 2.24) is 5.01 Å². The summed E-state index contributed by atoms with van der Waals surface area (Å²) in [6.45, 7) is 0.538. The molecule has 1 fully saturated rings. The smallest absolute Gasteiger partial charge is 0.333 e. The van der Waals surface area contributed by atoms with Crippen LogP contribution in [0.2, 0.25) is 0 Å². The van der Waals surface area contributed by atoms with E-state index in [1.807, 2.05) is 30.3 Å². The normalized spacial score (nSPS) is 21.4. The predicted molar refractivity (Wildman–Crippen MR) is 114 cm³/mol. The van der Waals surface area contributed by atoms with Crippen molar-refractivity contribution < 1.29 is 28.7 Å². The molecule has 1 saturated heterocycles. The summed E-state index contributed by atoms with van der Waals surface area (Å²) in [6, 6.07) is 9.99. The van der Waals surface area contributed by atoms with Gasteiger partial charge in [-0.25, -0.2) is 9.80 Å². The molecule has 30 heavy (non-hydrogen) atoms. The highest BCUT2D eigenvalue weighted by molar-refractivity contribution is 7.52. The molecular formula is C21H33N2O6P. The van der Waals surface area contributed by atoms with E-state index in [2.05, 4.69) is 0 Å². The van der Waals surface area contributed by atoms with Gasteiger partial charge in [-0.1, -0.05) is 36.8 Å². The Morgan fingerprint density at radius 1 is 1.13 bits per heavy atom. The lowest BCUT2D eigenvalue weighted by molar-refractivity contribution is -0.156. The molecule has 0 saturated carbocycles. The fourth-order valence-corrected chi connectivity index (χ4v) is 4.98. The first-order chi connectivity index (χ1) is 14.3. The van der Waals surface area contributed by atoms with E-state index in [1.54, 1.807) is 0 Å². The minimum absolute atomic E-state index is 0.121. The molecule has 1 aromatic carbocycles. The topological polar surface area (TPSA) is 130 Å². The number of hydrogen-bond donors (Lipinski definition) is 3. The van der Waals surface area contributed by atoms with Crippen LogP contribution in [0.3, 0.4) is 0 Å². The van der Waals surface area contributed by atoms with Crippen LogP contribution in [-0.2, 0) is 25.1 Å². The fourth-order valence-electron chi connectivity index (χ4n) is 3.82. The molecule has 1 heterocycles. The summed E-state index contributed by atoms with van der Waals surface area (Å²) in [4.78, 5) is 33.9. The van der Waals surface area contributed by atoms with Crippen LogP contribution in [0, 0.1) is 0 Å². The van der Waals surface area contributed by atoms with Crippen LogP contribution in [0.25, 0.3) is 0 Å². The molecule has 0 radical (unpaired) electrons. The number of benzene rings is 1. The summed E-state index contributed by atoms with van der Waals surface area (Å²) in [5.74, 6) is 4.19. The summed E-state index contributed by atoms with van der Waals surface area (Å²) < 4.78 is 17.3. The number of Topliss-reactive ketones (excluding diaryl/α,β-unsaturated/α-hetero) is 1. The van der Waals surface area contributed by atoms with E-state index in [9.17, 15) is 24.2 Å². The van der Waals surface area contributed by atoms with Gasteiger partial charge >= 0.3 is 13.6 Å².